The van der Waals surface area contributed by atoms with Gasteiger partial charge in [0.15, 0.2) is 0 Å². The van der Waals surface area contributed by atoms with E-state index in [0.29, 0.717) is 5.69 Å². The van der Waals surface area contributed by atoms with Crippen LogP contribution >= 0.6 is 0 Å². The van der Waals surface area contributed by atoms with E-state index in [1.165, 1.54) is 0 Å². The summed E-state index contributed by atoms with van der Waals surface area (Å²) in [5.74, 6) is 0. The van der Waals surface area contributed by atoms with Gasteiger partial charge in [-0.2, -0.15) is 0 Å². The monoisotopic (exact) mass is 122 g/mol. The van der Waals surface area contributed by atoms with Crippen molar-refractivity contribution in [3.63, 3.8) is 0 Å². The zero-order chi connectivity index (χ0) is 6.69. The molecule has 0 spiro atoms. The van der Waals surface area contributed by atoms with E-state index >= 15 is 0 Å². The summed E-state index contributed by atoms with van der Waals surface area (Å²) in [4.78, 5) is 0. The van der Waals surface area contributed by atoms with Crippen molar-refractivity contribution < 1.29 is 5.11 Å². The van der Waals surface area contributed by atoms with Crippen molar-refractivity contribution in [3.8, 4) is 0 Å². The molecule has 1 aromatic rings. The number of benzene rings is 1. The Labute approximate surface area is 53.9 Å². The van der Waals surface area contributed by atoms with Crippen molar-refractivity contribution in [2.45, 2.75) is 6.61 Å². The molecular formula is C7H8NO. The number of aliphatic hydroxyl groups excluding tert-OH is 1. The number of rotatable bonds is 1. The van der Waals surface area contributed by atoms with Gasteiger partial charge in [0.05, 0.1) is 6.61 Å². The second kappa shape index (κ2) is 2.51. The Bertz CT molecular complexity index is 198. The molecule has 0 unspecified atom stereocenters. The quantitative estimate of drug-likeness (QED) is 0.534. The third-order valence-corrected chi connectivity index (χ3v) is 1.06. The van der Waals surface area contributed by atoms with Crippen LogP contribution in [0.4, 0.5) is 5.69 Å². The van der Waals surface area contributed by atoms with Crippen LogP contribution in [-0.4, -0.2) is 5.11 Å². The lowest BCUT2D eigenvalue weighted by atomic mass is 10.2. The highest BCUT2D eigenvalue weighted by Gasteiger charge is 1.88. The second-order valence-electron chi connectivity index (χ2n) is 1.81. The molecule has 0 aliphatic heterocycles. The van der Waals surface area contributed by atoms with Gasteiger partial charge in [-0.15, -0.1) is 0 Å². The van der Waals surface area contributed by atoms with Crippen molar-refractivity contribution in [2.75, 3.05) is 5.73 Å². The molecule has 47 valence electrons. The predicted molar refractivity (Wildman–Crippen MR) is 35.6 cm³/mol. The van der Waals surface area contributed by atoms with Gasteiger partial charge in [0.25, 0.3) is 0 Å². The minimum atomic E-state index is 0.00500. The Morgan fingerprint density at radius 3 is 2.89 bits per heavy atom. The van der Waals surface area contributed by atoms with Crippen LogP contribution in [-0.2, 0) is 6.61 Å². The van der Waals surface area contributed by atoms with Crippen molar-refractivity contribution in [3.05, 3.63) is 29.8 Å². The Morgan fingerprint density at radius 1 is 1.67 bits per heavy atom. The number of aliphatic hydroxyl groups is 1. The van der Waals surface area contributed by atoms with Gasteiger partial charge in [0.2, 0.25) is 0 Å². The van der Waals surface area contributed by atoms with Crippen LogP contribution < -0.4 is 5.73 Å². The van der Waals surface area contributed by atoms with Crippen molar-refractivity contribution >= 4 is 5.69 Å². The number of anilines is 1. The Balaban J connectivity index is 2.94. The third kappa shape index (κ3) is 1.44. The maximum absolute atomic E-state index is 8.58. The molecule has 1 rings (SSSR count). The van der Waals surface area contributed by atoms with Crippen LogP contribution in [0.1, 0.15) is 5.56 Å². The smallest absolute Gasteiger partial charge is 0.0688 e. The lowest BCUT2D eigenvalue weighted by Gasteiger charge is -1.94. The molecule has 0 fully saturated rings. The Kier molecular flexibility index (Phi) is 1.70. The molecular weight excluding hydrogens is 114 g/mol. The van der Waals surface area contributed by atoms with Crippen LogP contribution in [0.3, 0.4) is 0 Å². The molecule has 3 N–H and O–H groups in total. The fraction of sp³-hybridized carbons (Fsp3) is 0.143. The zero-order valence-electron chi connectivity index (χ0n) is 4.96. The average Bonchev–Trinajstić information content (AvgIpc) is 1.88. The van der Waals surface area contributed by atoms with E-state index in [2.05, 4.69) is 6.07 Å². The van der Waals surface area contributed by atoms with Gasteiger partial charge in [-0.1, -0.05) is 6.07 Å². The van der Waals surface area contributed by atoms with Crippen molar-refractivity contribution in [1.82, 2.24) is 0 Å². The molecule has 0 amide bonds. The van der Waals surface area contributed by atoms with Gasteiger partial charge in [-0.05, 0) is 23.8 Å². The summed E-state index contributed by atoms with van der Waals surface area (Å²) in [7, 11) is 0. The summed E-state index contributed by atoms with van der Waals surface area (Å²) in [5.41, 5.74) is 6.80. The third-order valence-electron chi connectivity index (χ3n) is 1.06. The largest absolute Gasteiger partial charge is 0.399 e. The van der Waals surface area contributed by atoms with Crippen LogP contribution in [0.25, 0.3) is 0 Å². The second-order valence-corrected chi connectivity index (χ2v) is 1.81. The van der Waals surface area contributed by atoms with E-state index < -0.39 is 0 Å². The maximum Gasteiger partial charge on any atom is 0.0688 e. The van der Waals surface area contributed by atoms with Crippen molar-refractivity contribution in [1.29, 1.82) is 0 Å². The number of hydrogen-bond acceptors (Lipinski definition) is 2. The predicted octanol–water partition coefficient (Wildman–Crippen LogP) is 0.561. The molecule has 0 bridgehead atoms. The van der Waals surface area contributed by atoms with E-state index in [4.69, 9.17) is 10.8 Å². The standard InChI is InChI=1S/C7H8NO/c8-7-3-1-2-6(4-7)5-9/h1,3-4,9H,5,8H2. The van der Waals surface area contributed by atoms with Crippen LogP contribution in [0.15, 0.2) is 18.2 Å². The Morgan fingerprint density at radius 2 is 2.44 bits per heavy atom. The summed E-state index contributed by atoms with van der Waals surface area (Å²) in [6.45, 7) is 0.00500. The van der Waals surface area contributed by atoms with E-state index in [0.717, 1.165) is 5.56 Å². The Hall–Kier alpha value is -1.02. The van der Waals surface area contributed by atoms with Gasteiger partial charge in [0.1, 0.15) is 0 Å². The zero-order valence-corrected chi connectivity index (χ0v) is 4.96. The van der Waals surface area contributed by atoms with Gasteiger partial charge in [-0.25, -0.2) is 0 Å². The summed E-state index contributed by atoms with van der Waals surface area (Å²) < 4.78 is 0. The van der Waals surface area contributed by atoms with E-state index in [9.17, 15) is 0 Å². The minimum absolute atomic E-state index is 0.00500. The average molecular weight is 122 g/mol. The highest BCUT2D eigenvalue weighted by atomic mass is 16.3. The molecule has 0 atom stereocenters. The lowest BCUT2D eigenvalue weighted by Crippen LogP contribution is -1.87. The molecule has 0 saturated heterocycles. The van der Waals surface area contributed by atoms with Gasteiger partial charge in [-0.3, -0.25) is 0 Å². The minimum Gasteiger partial charge on any atom is -0.399 e. The van der Waals surface area contributed by atoms with E-state index in [-0.39, 0.29) is 6.61 Å². The van der Waals surface area contributed by atoms with Gasteiger partial charge >= 0.3 is 0 Å². The summed E-state index contributed by atoms with van der Waals surface area (Å²) >= 11 is 0. The summed E-state index contributed by atoms with van der Waals surface area (Å²) in [6.07, 6.45) is 0. The number of hydrogen-bond donors (Lipinski definition) is 2. The topological polar surface area (TPSA) is 46.2 Å². The van der Waals surface area contributed by atoms with Crippen LogP contribution in [0.2, 0.25) is 0 Å². The molecule has 1 aromatic carbocycles. The highest BCUT2D eigenvalue weighted by Crippen LogP contribution is 2.04. The van der Waals surface area contributed by atoms with Crippen molar-refractivity contribution in [2.24, 2.45) is 0 Å². The molecule has 0 aliphatic rings. The molecule has 9 heavy (non-hydrogen) atoms. The SMILES string of the molecule is Nc1cc[c]c(CO)c1. The maximum atomic E-state index is 8.58. The van der Waals surface area contributed by atoms with Gasteiger partial charge < -0.3 is 10.8 Å². The van der Waals surface area contributed by atoms with Crippen LogP contribution in [0.5, 0.6) is 0 Å². The van der Waals surface area contributed by atoms with E-state index in [1.807, 2.05) is 0 Å². The molecule has 2 heteroatoms. The number of nitrogen functional groups attached to an aromatic ring is 1. The van der Waals surface area contributed by atoms with E-state index in [1.54, 1.807) is 18.2 Å². The fourth-order valence-electron chi connectivity index (χ4n) is 0.627. The lowest BCUT2D eigenvalue weighted by molar-refractivity contribution is 0.281. The molecule has 2 nitrogen and oxygen atoms in total. The van der Waals surface area contributed by atoms with Crippen LogP contribution in [0, 0.1) is 6.07 Å². The molecule has 0 aliphatic carbocycles. The first-order valence-electron chi connectivity index (χ1n) is 2.70. The molecule has 0 heterocycles. The van der Waals surface area contributed by atoms with Gasteiger partial charge in [0, 0.05) is 5.69 Å². The normalized spacial score (nSPS) is 9.44. The molecule has 1 radical (unpaired) electrons. The molecule has 0 saturated carbocycles. The number of nitrogens with two attached hydrogens (primary N) is 1. The molecule has 0 aromatic heterocycles. The summed E-state index contributed by atoms with van der Waals surface area (Å²) in [6, 6.07) is 7.95. The first-order valence-corrected chi connectivity index (χ1v) is 2.70. The fourth-order valence-corrected chi connectivity index (χ4v) is 0.627. The summed E-state index contributed by atoms with van der Waals surface area (Å²) in [5, 5.41) is 8.58. The first kappa shape index (κ1) is 6.11. The highest BCUT2D eigenvalue weighted by molar-refractivity contribution is 5.39. The first-order chi connectivity index (χ1) is 4.33.